The van der Waals surface area contributed by atoms with Gasteiger partial charge in [-0.05, 0) is 54.9 Å². The van der Waals surface area contributed by atoms with E-state index in [4.69, 9.17) is 0 Å². The highest BCUT2D eigenvalue weighted by Crippen LogP contribution is 2.26. The maximum Gasteiger partial charge on any atom is 0.0346 e. The summed E-state index contributed by atoms with van der Waals surface area (Å²) in [5.74, 6) is 0.833. The largest absolute Gasteiger partial charge is 0.316 e. The molecule has 1 N–H and O–H groups in total. The molecule has 1 aromatic carbocycles. The van der Waals surface area contributed by atoms with E-state index in [0.29, 0.717) is 0 Å². The summed E-state index contributed by atoms with van der Waals surface area (Å²) in [4.78, 5) is 2.46. The van der Waals surface area contributed by atoms with E-state index in [9.17, 15) is 0 Å². The molecule has 96 valence electrons. The molecule has 1 atom stereocenters. The van der Waals surface area contributed by atoms with Crippen molar-refractivity contribution in [3.8, 4) is 0 Å². The van der Waals surface area contributed by atoms with Gasteiger partial charge in [-0.15, -0.1) is 11.3 Å². The number of hydrogen-bond donors (Lipinski definition) is 1. The molecule has 1 aliphatic heterocycles. The van der Waals surface area contributed by atoms with Crippen LogP contribution in [0.15, 0.2) is 29.6 Å². The summed E-state index contributed by atoms with van der Waals surface area (Å²) in [5.41, 5.74) is 1.48. The van der Waals surface area contributed by atoms with Gasteiger partial charge in [-0.1, -0.05) is 18.2 Å². The van der Waals surface area contributed by atoms with Crippen LogP contribution in [0.3, 0.4) is 0 Å². The molecule has 1 saturated heterocycles. The number of nitrogens with one attached hydrogen (secondary N) is 1. The molecule has 0 bridgehead atoms. The van der Waals surface area contributed by atoms with E-state index < -0.39 is 0 Å². The third-order valence-electron chi connectivity index (χ3n) is 3.73. The van der Waals surface area contributed by atoms with Crippen molar-refractivity contribution in [1.82, 2.24) is 10.2 Å². The van der Waals surface area contributed by atoms with Gasteiger partial charge >= 0.3 is 0 Å². The number of rotatable bonds is 4. The number of benzene rings is 1. The zero-order valence-corrected chi connectivity index (χ0v) is 11.7. The van der Waals surface area contributed by atoms with Crippen molar-refractivity contribution in [3.63, 3.8) is 0 Å². The summed E-state index contributed by atoms with van der Waals surface area (Å²) in [6.45, 7) is 4.66. The fraction of sp³-hybridized carbons (Fsp3) is 0.467. The van der Waals surface area contributed by atoms with E-state index in [-0.39, 0.29) is 0 Å². The van der Waals surface area contributed by atoms with Crippen molar-refractivity contribution in [2.45, 2.75) is 13.0 Å². The molecule has 0 radical (unpaired) electrons. The van der Waals surface area contributed by atoms with Crippen LogP contribution >= 0.6 is 11.3 Å². The van der Waals surface area contributed by atoms with Crippen LogP contribution in [0.5, 0.6) is 0 Å². The van der Waals surface area contributed by atoms with Crippen LogP contribution in [-0.2, 0) is 6.54 Å². The van der Waals surface area contributed by atoms with Crippen molar-refractivity contribution in [1.29, 1.82) is 0 Å². The molecular weight excluding hydrogens is 240 g/mol. The lowest BCUT2D eigenvalue weighted by Crippen LogP contribution is -2.26. The second kappa shape index (κ2) is 5.39. The highest BCUT2D eigenvalue weighted by molar-refractivity contribution is 7.17. The van der Waals surface area contributed by atoms with Gasteiger partial charge in [0.05, 0.1) is 0 Å². The van der Waals surface area contributed by atoms with Crippen molar-refractivity contribution < 1.29 is 0 Å². The van der Waals surface area contributed by atoms with Crippen LogP contribution < -0.4 is 5.32 Å². The quantitative estimate of drug-likeness (QED) is 0.909. The molecule has 1 fully saturated rings. The van der Waals surface area contributed by atoms with Gasteiger partial charge in [-0.3, -0.25) is 0 Å². The lowest BCUT2D eigenvalue weighted by molar-refractivity contribution is 0.279. The molecule has 0 spiro atoms. The summed E-state index contributed by atoms with van der Waals surface area (Å²) in [6, 6.07) is 8.71. The number of nitrogens with zero attached hydrogens (tertiary/aromatic N) is 1. The predicted octanol–water partition coefficient (Wildman–Crippen LogP) is 2.94. The van der Waals surface area contributed by atoms with Crippen LogP contribution in [0.4, 0.5) is 0 Å². The van der Waals surface area contributed by atoms with E-state index in [0.717, 1.165) is 12.5 Å². The Hall–Kier alpha value is -0.900. The molecule has 0 aliphatic carbocycles. The number of thiophene rings is 1. The lowest BCUT2D eigenvalue weighted by Gasteiger charge is -2.20. The molecule has 1 aromatic heterocycles. The molecule has 1 aliphatic rings. The van der Waals surface area contributed by atoms with E-state index in [1.54, 1.807) is 0 Å². The average molecular weight is 260 g/mol. The van der Waals surface area contributed by atoms with Crippen LogP contribution in [0.25, 0.3) is 10.1 Å². The van der Waals surface area contributed by atoms with Gasteiger partial charge in [0.1, 0.15) is 0 Å². The molecule has 3 rings (SSSR count). The van der Waals surface area contributed by atoms with Crippen molar-refractivity contribution in [2.75, 3.05) is 26.7 Å². The number of hydrogen-bond acceptors (Lipinski definition) is 3. The first-order chi connectivity index (χ1) is 8.83. The Balaban J connectivity index is 1.67. The Kier molecular flexibility index (Phi) is 3.64. The third kappa shape index (κ3) is 2.58. The Morgan fingerprint density at radius 1 is 1.39 bits per heavy atom. The Morgan fingerprint density at radius 3 is 3.11 bits per heavy atom. The van der Waals surface area contributed by atoms with Gasteiger partial charge in [-0.25, -0.2) is 0 Å². The molecule has 2 aromatic rings. The smallest absolute Gasteiger partial charge is 0.0346 e. The first kappa shape index (κ1) is 12.2. The Morgan fingerprint density at radius 2 is 2.28 bits per heavy atom. The number of fused-ring (bicyclic) bond motifs is 1. The topological polar surface area (TPSA) is 15.3 Å². The van der Waals surface area contributed by atoms with E-state index >= 15 is 0 Å². The van der Waals surface area contributed by atoms with E-state index in [2.05, 4.69) is 46.9 Å². The fourth-order valence-corrected chi connectivity index (χ4v) is 3.78. The Bertz CT molecular complexity index is 514. The van der Waals surface area contributed by atoms with Crippen LogP contribution in [0.1, 0.15) is 12.0 Å². The first-order valence-electron chi connectivity index (χ1n) is 6.67. The molecule has 2 nitrogen and oxygen atoms in total. The van der Waals surface area contributed by atoms with Crippen LogP contribution in [0, 0.1) is 5.92 Å². The van der Waals surface area contributed by atoms with E-state index in [1.807, 2.05) is 11.3 Å². The second-order valence-electron chi connectivity index (χ2n) is 5.31. The predicted molar refractivity (Wildman–Crippen MR) is 79.1 cm³/mol. The minimum absolute atomic E-state index is 0.833. The average Bonchev–Trinajstić information content (AvgIpc) is 3.00. The molecular formula is C15H20N2S. The molecule has 1 unspecified atom stereocenters. The normalized spacial score (nSPS) is 20.0. The summed E-state index contributed by atoms with van der Waals surface area (Å²) in [6.07, 6.45) is 1.33. The third-order valence-corrected chi connectivity index (χ3v) is 4.75. The molecule has 18 heavy (non-hydrogen) atoms. The van der Waals surface area contributed by atoms with Gasteiger partial charge in [0.2, 0.25) is 0 Å². The minimum atomic E-state index is 0.833. The lowest BCUT2D eigenvalue weighted by atomic mass is 10.1. The standard InChI is InChI=1S/C15H20N2S/c1-17(9-12-6-7-16-8-12)10-13-11-18-15-5-3-2-4-14(13)15/h2-5,11-12,16H,6-10H2,1H3. The van der Waals surface area contributed by atoms with Crippen molar-refractivity contribution in [3.05, 3.63) is 35.2 Å². The van der Waals surface area contributed by atoms with Gasteiger partial charge in [-0.2, -0.15) is 0 Å². The maximum absolute atomic E-state index is 3.44. The fourth-order valence-electron chi connectivity index (χ4n) is 2.82. The molecule has 0 saturated carbocycles. The molecule has 3 heteroatoms. The van der Waals surface area contributed by atoms with Crippen molar-refractivity contribution in [2.24, 2.45) is 5.92 Å². The maximum atomic E-state index is 3.44. The van der Waals surface area contributed by atoms with Gasteiger partial charge < -0.3 is 10.2 Å². The van der Waals surface area contributed by atoms with Crippen LogP contribution in [0.2, 0.25) is 0 Å². The van der Waals surface area contributed by atoms with Crippen molar-refractivity contribution >= 4 is 21.4 Å². The summed E-state index contributed by atoms with van der Waals surface area (Å²) >= 11 is 1.86. The minimum Gasteiger partial charge on any atom is -0.316 e. The first-order valence-corrected chi connectivity index (χ1v) is 7.55. The zero-order chi connectivity index (χ0) is 12.4. The summed E-state index contributed by atoms with van der Waals surface area (Å²) < 4.78 is 1.41. The summed E-state index contributed by atoms with van der Waals surface area (Å²) in [5, 5.41) is 7.18. The highest BCUT2D eigenvalue weighted by atomic mass is 32.1. The second-order valence-corrected chi connectivity index (χ2v) is 6.22. The van der Waals surface area contributed by atoms with Gasteiger partial charge in [0.25, 0.3) is 0 Å². The molecule has 2 heterocycles. The Labute approximate surface area is 113 Å². The SMILES string of the molecule is CN(Cc1csc2ccccc12)CC1CCNC1. The highest BCUT2D eigenvalue weighted by Gasteiger charge is 2.16. The zero-order valence-electron chi connectivity index (χ0n) is 10.9. The van der Waals surface area contributed by atoms with Crippen LogP contribution in [-0.4, -0.2) is 31.6 Å². The van der Waals surface area contributed by atoms with E-state index in [1.165, 1.54) is 41.7 Å². The van der Waals surface area contributed by atoms with Gasteiger partial charge in [0.15, 0.2) is 0 Å². The monoisotopic (exact) mass is 260 g/mol. The van der Waals surface area contributed by atoms with Gasteiger partial charge in [0, 0.05) is 17.8 Å². The molecule has 0 amide bonds. The summed E-state index contributed by atoms with van der Waals surface area (Å²) in [7, 11) is 2.24.